The third-order valence-electron chi connectivity index (χ3n) is 4.33. The predicted molar refractivity (Wildman–Crippen MR) is 95.6 cm³/mol. The second kappa shape index (κ2) is 9.09. The number of hydrogen-bond acceptors (Lipinski definition) is 8. The molecule has 150 valence electrons. The number of carbonyl (C=O) groups excluding carboxylic acids is 2. The summed E-state index contributed by atoms with van der Waals surface area (Å²) in [7, 11) is 0. The number of rotatable bonds is 9. The van der Waals surface area contributed by atoms with Crippen molar-refractivity contribution in [2.75, 3.05) is 18.9 Å². The van der Waals surface area contributed by atoms with Crippen molar-refractivity contribution in [1.29, 1.82) is 0 Å². The predicted octanol–water partition coefficient (Wildman–Crippen LogP) is -0.656. The second-order valence-corrected chi connectivity index (χ2v) is 7.51. The summed E-state index contributed by atoms with van der Waals surface area (Å²) in [5.74, 6) is -2.48. The number of amides is 1. The van der Waals surface area contributed by atoms with Gasteiger partial charge in [0.2, 0.25) is 5.91 Å². The summed E-state index contributed by atoms with van der Waals surface area (Å²) in [6.45, 7) is 1.55. The van der Waals surface area contributed by atoms with E-state index in [-0.39, 0.29) is 42.5 Å². The molecule has 2 unspecified atom stereocenters. The minimum atomic E-state index is -1.10. The van der Waals surface area contributed by atoms with Crippen molar-refractivity contribution in [3.05, 3.63) is 11.3 Å². The largest absolute Gasteiger partial charge is 0.480 e. The molecule has 0 aliphatic carbocycles. The molecule has 0 aromatic heterocycles. The molecule has 2 aliphatic heterocycles. The molecule has 0 bridgehead atoms. The van der Waals surface area contributed by atoms with Crippen molar-refractivity contribution in [1.82, 2.24) is 10.2 Å². The first-order valence-electron chi connectivity index (χ1n) is 8.45. The third kappa shape index (κ3) is 5.36. The maximum absolute atomic E-state index is 12.0. The summed E-state index contributed by atoms with van der Waals surface area (Å²) >= 11 is 1.48. The summed E-state index contributed by atoms with van der Waals surface area (Å²) in [4.78, 5) is 46.9. The van der Waals surface area contributed by atoms with Gasteiger partial charge in [-0.1, -0.05) is 0 Å². The summed E-state index contributed by atoms with van der Waals surface area (Å²) < 4.78 is 4.92. The second-order valence-electron chi connectivity index (χ2n) is 6.40. The van der Waals surface area contributed by atoms with Crippen molar-refractivity contribution in [2.45, 2.75) is 43.6 Å². The molecule has 27 heavy (non-hydrogen) atoms. The fraction of sp³-hybridized carbons (Fsp3) is 0.625. The number of thioether (sulfide) groups is 1. The molecular formula is C16H23N3O7S. The molecule has 0 aromatic carbocycles. The van der Waals surface area contributed by atoms with Crippen molar-refractivity contribution in [3.63, 3.8) is 0 Å². The van der Waals surface area contributed by atoms with Crippen molar-refractivity contribution in [3.8, 4) is 0 Å². The lowest BCUT2D eigenvalue weighted by atomic mass is 10.0. The van der Waals surface area contributed by atoms with Crippen molar-refractivity contribution in [2.24, 2.45) is 5.73 Å². The molecule has 1 amide bonds. The van der Waals surface area contributed by atoms with Gasteiger partial charge in [0.15, 0.2) is 0 Å². The quantitative estimate of drug-likeness (QED) is 0.365. The van der Waals surface area contributed by atoms with Crippen LogP contribution in [-0.4, -0.2) is 75.3 Å². The van der Waals surface area contributed by atoms with Gasteiger partial charge in [-0.25, -0.2) is 4.79 Å². The van der Waals surface area contributed by atoms with Gasteiger partial charge in [-0.2, -0.15) is 0 Å². The van der Waals surface area contributed by atoms with Gasteiger partial charge >= 0.3 is 17.9 Å². The van der Waals surface area contributed by atoms with E-state index in [0.717, 1.165) is 0 Å². The first-order chi connectivity index (χ1) is 12.7. The van der Waals surface area contributed by atoms with Gasteiger partial charge < -0.3 is 30.9 Å². The highest BCUT2D eigenvalue weighted by Gasteiger charge is 2.46. The van der Waals surface area contributed by atoms with Gasteiger partial charge in [-0.05, 0) is 12.8 Å². The van der Waals surface area contributed by atoms with Gasteiger partial charge in [0.25, 0.3) is 0 Å². The number of nitrogens with zero attached hydrogens (tertiary/aromatic N) is 1. The van der Waals surface area contributed by atoms with Gasteiger partial charge in [0.1, 0.15) is 18.3 Å². The van der Waals surface area contributed by atoms with Crippen LogP contribution in [-0.2, 0) is 23.9 Å². The van der Waals surface area contributed by atoms with E-state index in [9.17, 15) is 24.3 Å². The Balaban J connectivity index is 1.86. The number of carboxylic acids is 2. The van der Waals surface area contributed by atoms with Crippen LogP contribution < -0.4 is 11.1 Å². The standard InChI is InChI=1S/C16H23N3O7S/c1-8(20)26-6-9-7-27-14-11(5-19(14)13(9)16(24)25)18-12(21)4-2-3-10(17)15(22)23/h10-11,14H,2-7,17H2,1H3,(H,18,21)(H,22,23)(H,24,25)/t10?,11?,14-/m1/s1. The molecule has 0 radical (unpaired) electrons. The Morgan fingerprint density at radius 2 is 2.07 bits per heavy atom. The summed E-state index contributed by atoms with van der Waals surface area (Å²) in [6, 6.07) is -1.18. The lowest BCUT2D eigenvalue weighted by Crippen LogP contribution is -2.66. The summed E-state index contributed by atoms with van der Waals surface area (Å²) in [5.41, 5.74) is 6.05. The molecule has 11 heteroatoms. The molecule has 0 saturated carbocycles. The van der Waals surface area contributed by atoms with Crippen LogP contribution >= 0.6 is 11.8 Å². The monoisotopic (exact) mass is 401 g/mol. The number of hydrogen-bond donors (Lipinski definition) is 4. The average Bonchev–Trinajstić information content (AvgIpc) is 2.56. The normalized spacial score (nSPS) is 22.4. The number of carbonyl (C=O) groups is 4. The highest BCUT2D eigenvalue weighted by molar-refractivity contribution is 8.00. The third-order valence-corrected chi connectivity index (χ3v) is 5.77. The molecule has 0 aromatic rings. The zero-order valence-electron chi connectivity index (χ0n) is 14.8. The topological polar surface area (TPSA) is 159 Å². The molecule has 2 heterocycles. The Kier molecular flexibility index (Phi) is 7.08. The number of carboxylic acid groups (broad SMARTS) is 2. The van der Waals surface area contributed by atoms with Gasteiger partial charge in [0, 0.05) is 31.2 Å². The van der Waals surface area contributed by atoms with E-state index < -0.39 is 23.9 Å². The number of fused-ring (bicyclic) bond motifs is 1. The Bertz CT molecular complexity index is 666. The Hall–Kier alpha value is -2.27. The smallest absolute Gasteiger partial charge is 0.352 e. The van der Waals surface area contributed by atoms with Crippen molar-refractivity contribution >= 4 is 35.6 Å². The first-order valence-corrected chi connectivity index (χ1v) is 9.50. The average molecular weight is 401 g/mol. The summed E-state index contributed by atoms with van der Waals surface area (Å²) in [6.07, 6.45) is 0.734. The zero-order valence-corrected chi connectivity index (χ0v) is 15.7. The minimum absolute atomic E-state index is 0.0615. The van der Waals surface area contributed by atoms with Crippen LogP contribution in [0.5, 0.6) is 0 Å². The van der Waals surface area contributed by atoms with Crippen LogP contribution in [0.25, 0.3) is 0 Å². The molecule has 5 N–H and O–H groups in total. The lowest BCUT2D eigenvalue weighted by molar-refractivity contribution is -0.141. The molecule has 2 aliphatic rings. The van der Waals surface area contributed by atoms with E-state index in [1.807, 2.05) is 0 Å². The van der Waals surface area contributed by atoms with E-state index in [1.165, 1.54) is 18.7 Å². The molecule has 1 saturated heterocycles. The van der Waals surface area contributed by atoms with Gasteiger partial charge in [0.05, 0.1) is 11.4 Å². The van der Waals surface area contributed by atoms with E-state index in [1.54, 1.807) is 4.90 Å². The van der Waals surface area contributed by atoms with Crippen LogP contribution in [0.4, 0.5) is 0 Å². The van der Waals surface area contributed by atoms with Gasteiger partial charge in [-0.3, -0.25) is 14.4 Å². The molecular weight excluding hydrogens is 378 g/mol. The highest BCUT2D eigenvalue weighted by Crippen LogP contribution is 2.39. The zero-order chi connectivity index (χ0) is 20.1. The Labute approximate surface area is 160 Å². The van der Waals surface area contributed by atoms with Crippen LogP contribution in [0.2, 0.25) is 0 Å². The Morgan fingerprint density at radius 3 is 2.67 bits per heavy atom. The lowest BCUT2D eigenvalue weighted by Gasteiger charge is -2.52. The van der Waals surface area contributed by atoms with Crippen LogP contribution in [0.15, 0.2) is 11.3 Å². The first kappa shape index (κ1) is 21.0. The fourth-order valence-electron chi connectivity index (χ4n) is 2.94. The van der Waals surface area contributed by atoms with Crippen LogP contribution in [0.3, 0.4) is 0 Å². The van der Waals surface area contributed by atoms with Gasteiger partial charge in [-0.15, -0.1) is 11.8 Å². The highest BCUT2D eigenvalue weighted by atomic mass is 32.2. The number of nitrogens with one attached hydrogen (secondary N) is 1. The summed E-state index contributed by atoms with van der Waals surface area (Å²) in [5, 5.41) is 20.9. The van der Waals surface area contributed by atoms with Crippen LogP contribution in [0, 0.1) is 0 Å². The van der Waals surface area contributed by atoms with E-state index in [4.69, 9.17) is 15.6 Å². The maximum atomic E-state index is 12.0. The van der Waals surface area contributed by atoms with Crippen LogP contribution in [0.1, 0.15) is 26.2 Å². The number of ether oxygens (including phenoxy) is 1. The Morgan fingerprint density at radius 1 is 1.37 bits per heavy atom. The molecule has 0 spiro atoms. The maximum Gasteiger partial charge on any atom is 0.352 e. The van der Waals surface area contributed by atoms with E-state index in [0.29, 0.717) is 24.3 Å². The number of nitrogens with two attached hydrogens (primary N) is 1. The molecule has 2 rings (SSSR count). The van der Waals surface area contributed by atoms with Crippen molar-refractivity contribution < 1.29 is 34.1 Å². The number of aliphatic carboxylic acids is 2. The van der Waals surface area contributed by atoms with E-state index >= 15 is 0 Å². The van der Waals surface area contributed by atoms with E-state index in [2.05, 4.69) is 5.32 Å². The SMILES string of the molecule is CC(=O)OCC1=C(C(=O)O)N2CC(NC(=O)CCCC(N)C(=O)O)[C@H]2SC1. The minimum Gasteiger partial charge on any atom is -0.480 e. The molecule has 3 atom stereocenters. The molecule has 1 fully saturated rings. The fourth-order valence-corrected chi connectivity index (χ4v) is 4.29. The number of esters is 1. The molecule has 10 nitrogen and oxygen atoms in total.